The number of piperazine rings is 1. The van der Waals surface area contributed by atoms with Crippen LogP contribution in [0.2, 0.25) is 5.22 Å². The van der Waals surface area contributed by atoms with Gasteiger partial charge in [0.05, 0.1) is 11.4 Å². The van der Waals surface area contributed by atoms with Gasteiger partial charge in [0.1, 0.15) is 0 Å². The monoisotopic (exact) mass is 319 g/mol. The summed E-state index contributed by atoms with van der Waals surface area (Å²) in [6.45, 7) is 3.90. The van der Waals surface area contributed by atoms with Crippen molar-refractivity contribution in [3.8, 4) is 0 Å². The van der Waals surface area contributed by atoms with Crippen molar-refractivity contribution in [3.05, 3.63) is 47.4 Å². The number of carbonyl (C=O) groups excluding carboxylic acids is 1. The van der Waals surface area contributed by atoms with Crippen LogP contribution in [0.15, 0.2) is 40.8 Å². The molecule has 0 unspecified atom stereocenters. The Balaban J connectivity index is 1.78. The average Bonchev–Trinajstić information content (AvgIpc) is 2.95. The Morgan fingerprint density at radius 3 is 2.55 bits per heavy atom. The first-order valence-corrected chi connectivity index (χ1v) is 7.60. The van der Waals surface area contributed by atoms with Crippen LogP contribution in [0.5, 0.6) is 0 Å². The van der Waals surface area contributed by atoms with E-state index in [1.165, 1.54) is 0 Å². The van der Waals surface area contributed by atoms with Crippen LogP contribution in [-0.4, -0.2) is 44.0 Å². The van der Waals surface area contributed by atoms with Crippen LogP contribution in [0.4, 0.5) is 11.4 Å². The van der Waals surface area contributed by atoms with Crippen LogP contribution in [0.3, 0.4) is 0 Å². The number of rotatable bonds is 3. The number of nitrogens with one attached hydrogen (secondary N) is 1. The van der Waals surface area contributed by atoms with Gasteiger partial charge in [0.15, 0.2) is 11.0 Å². The fourth-order valence-electron chi connectivity index (χ4n) is 2.52. The predicted molar refractivity (Wildman–Crippen MR) is 87.8 cm³/mol. The molecule has 2 aromatic rings. The van der Waals surface area contributed by atoms with Gasteiger partial charge in [-0.2, -0.15) is 0 Å². The Kier molecular flexibility index (Phi) is 4.36. The Morgan fingerprint density at radius 1 is 1.14 bits per heavy atom. The SMILES string of the molecule is CN1CCN(c2ccccc2NC(=O)c2ccc(Cl)o2)CC1. The standard InChI is InChI=1S/C16H18ClN3O2/c1-19-8-10-20(11-9-19)13-5-3-2-4-12(13)18-16(21)14-6-7-15(17)22-14/h2-7H,8-11H2,1H3,(H,18,21). The first-order valence-electron chi connectivity index (χ1n) is 7.23. The number of amides is 1. The van der Waals surface area contributed by atoms with Crippen molar-refractivity contribution in [2.24, 2.45) is 0 Å². The minimum Gasteiger partial charge on any atom is -0.440 e. The van der Waals surface area contributed by atoms with Gasteiger partial charge < -0.3 is 19.5 Å². The van der Waals surface area contributed by atoms with E-state index in [0.717, 1.165) is 37.6 Å². The number of nitrogens with zero attached hydrogens (tertiary/aromatic N) is 2. The molecule has 0 spiro atoms. The summed E-state index contributed by atoms with van der Waals surface area (Å²) in [6, 6.07) is 10.9. The maximum atomic E-state index is 12.2. The van der Waals surface area contributed by atoms with Crippen LogP contribution in [0.1, 0.15) is 10.6 Å². The van der Waals surface area contributed by atoms with Gasteiger partial charge in [0.25, 0.3) is 5.91 Å². The van der Waals surface area contributed by atoms with Crippen molar-refractivity contribution in [1.82, 2.24) is 4.90 Å². The van der Waals surface area contributed by atoms with Gasteiger partial charge in [0, 0.05) is 26.2 Å². The van der Waals surface area contributed by atoms with Gasteiger partial charge in [0.2, 0.25) is 0 Å². The predicted octanol–water partition coefficient (Wildman–Crippen LogP) is 2.94. The van der Waals surface area contributed by atoms with Crippen molar-refractivity contribution >= 4 is 28.9 Å². The van der Waals surface area contributed by atoms with Gasteiger partial charge in [-0.25, -0.2) is 0 Å². The first kappa shape index (κ1) is 14.9. The number of carbonyl (C=O) groups is 1. The molecule has 2 heterocycles. The molecule has 0 bridgehead atoms. The Labute approximate surface area is 134 Å². The van der Waals surface area contributed by atoms with Crippen LogP contribution < -0.4 is 10.2 Å². The molecule has 6 heteroatoms. The van der Waals surface area contributed by atoms with Gasteiger partial charge in [-0.15, -0.1) is 0 Å². The molecule has 0 saturated carbocycles. The van der Waals surface area contributed by atoms with Crippen molar-refractivity contribution in [2.45, 2.75) is 0 Å². The molecule has 22 heavy (non-hydrogen) atoms. The number of halogens is 1. The molecule has 1 N–H and O–H groups in total. The number of benzene rings is 1. The largest absolute Gasteiger partial charge is 0.440 e. The van der Waals surface area contributed by atoms with Crippen molar-refractivity contribution in [1.29, 1.82) is 0 Å². The molecular weight excluding hydrogens is 302 g/mol. The Morgan fingerprint density at radius 2 is 1.86 bits per heavy atom. The molecule has 3 rings (SSSR count). The summed E-state index contributed by atoms with van der Waals surface area (Å²) in [5.74, 6) is -0.0911. The lowest BCUT2D eigenvalue weighted by atomic mass is 10.2. The van der Waals surface area contributed by atoms with E-state index in [0.29, 0.717) is 0 Å². The molecule has 1 aliphatic heterocycles. The van der Waals surface area contributed by atoms with Crippen LogP contribution in [0, 0.1) is 0 Å². The fourth-order valence-corrected chi connectivity index (χ4v) is 2.67. The van der Waals surface area contributed by atoms with Gasteiger partial charge in [-0.3, -0.25) is 4.79 Å². The molecule has 1 aromatic carbocycles. The maximum absolute atomic E-state index is 12.2. The molecule has 0 aliphatic carbocycles. The minimum atomic E-state index is -0.298. The summed E-state index contributed by atoms with van der Waals surface area (Å²) in [5.41, 5.74) is 1.81. The number of furan rings is 1. The van der Waals surface area contributed by atoms with E-state index >= 15 is 0 Å². The third-order valence-corrected chi connectivity index (χ3v) is 4.00. The van der Waals surface area contributed by atoms with Gasteiger partial charge >= 0.3 is 0 Å². The zero-order valence-corrected chi connectivity index (χ0v) is 13.1. The molecule has 5 nitrogen and oxygen atoms in total. The second-order valence-electron chi connectivity index (χ2n) is 5.37. The summed E-state index contributed by atoms with van der Waals surface area (Å²) in [6.07, 6.45) is 0. The van der Waals surface area contributed by atoms with Gasteiger partial charge in [-0.1, -0.05) is 12.1 Å². The second kappa shape index (κ2) is 6.42. The van der Waals surface area contributed by atoms with E-state index in [2.05, 4.69) is 22.2 Å². The molecule has 1 amide bonds. The highest BCUT2D eigenvalue weighted by atomic mass is 35.5. The van der Waals surface area contributed by atoms with E-state index in [-0.39, 0.29) is 16.9 Å². The van der Waals surface area contributed by atoms with Crippen molar-refractivity contribution in [3.63, 3.8) is 0 Å². The number of hydrogen-bond acceptors (Lipinski definition) is 4. The number of likely N-dealkylation sites (N-methyl/N-ethyl adjacent to an activating group) is 1. The lowest BCUT2D eigenvalue weighted by molar-refractivity contribution is 0.0997. The smallest absolute Gasteiger partial charge is 0.291 e. The third kappa shape index (κ3) is 3.26. The van der Waals surface area contributed by atoms with Gasteiger partial charge in [-0.05, 0) is 42.9 Å². The number of anilines is 2. The molecule has 1 aliphatic rings. The highest BCUT2D eigenvalue weighted by Crippen LogP contribution is 2.27. The van der Waals surface area contributed by atoms with Crippen LogP contribution in [0.25, 0.3) is 0 Å². The quantitative estimate of drug-likeness (QED) is 0.945. The molecular formula is C16H18ClN3O2. The lowest BCUT2D eigenvalue weighted by Crippen LogP contribution is -2.44. The highest BCUT2D eigenvalue weighted by molar-refractivity contribution is 6.29. The van der Waals surface area contributed by atoms with E-state index in [1.54, 1.807) is 12.1 Å². The second-order valence-corrected chi connectivity index (χ2v) is 5.74. The van der Waals surface area contributed by atoms with E-state index in [4.69, 9.17) is 16.0 Å². The van der Waals surface area contributed by atoms with E-state index in [9.17, 15) is 4.79 Å². The number of para-hydroxylation sites is 2. The topological polar surface area (TPSA) is 48.7 Å². The Bertz CT molecular complexity index is 663. The van der Waals surface area contributed by atoms with Crippen LogP contribution >= 0.6 is 11.6 Å². The summed E-state index contributed by atoms with van der Waals surface area (Å²) >= 11 is 5.71. The normalized spacial score (nSPS) is 15.8. The lowest BCUT2D eigenvalue weighted by Gasteiger charge is -2.35. The highest BCUT2D eigenvalue weighted by Gasteiger charge is 2.18. The summed E-state index contributed by atoms with van der Waals surface area (Å²) in [4.78, 5) is 16.8. The molecule has 1 fully saturated rings. The zero-order valence-electron chi connectivity index (χ0n) is 12.4. The third-order valence-electron chi connectivity index (χ3n) is 3.79. The maximum Gasteiger partial charge on any atom is 0.291 e. The van der Waals surface area contributed by atoms with Crippen molar-refractivity contribution < 1.29 is 9.21 Å². The van der Waals surface area contributed by atoms with Crippen molar-refractivity contribution in [2.75, 3.05) is 43.4 Å². The average molecular weight is 320 g/mol. The summed E-state index contributed by atoms with van der Waals surface area (Å²) in [5, 5.41) is 3.11. The fraction of sp³-hybridized carbons (Fsp3) is 0.312. The Hall–Kier alpha value is -1.98. The summed E-state index contributed by atoms with van der Waals surface area (Å²) in [7, 11) is 2.12. The molecule has 0 atom stereocenters. The van der Waals surface area contributed by atoms with E-state index < -0.39 is 0 Å². The minimum absolute atomic E-state index is 0.206. The number of hydrogen-bond donors (Lipinski definition) is 1. The first-order chi connectivity index (χ1) is 10.6. The zero-order chi connectivity index (χ0) is 15.5. The molecule has 1 aromatic heterocycles. The van der Waals surface area contributed by atoms with Crippen LogP contribution in [-0.2, 0) is 0 Å². The van der Waals surface area contributed by atoms with E-state index in [1.807, 2.05) is 24.3 Å². The molecule has 1 saturated heterocycles. The molecule has 0 radical (unpaired) electrons. The molecule has 116 valence electrons. The summed E-state index contributed by atoms with van der Waals surface area (Å²) < 4.78 is 5.15.